The van der Waals surface area contributed by atoms with E-state index < -0.39 is 43.0 Å². The van der Waals surface area contributed by atoms with Crippen molar-refractivity contribution < 1.29 is 39.9 Å². The van der Waals surface area contributed by atoms with E-state index in [-0.39, 0.29) is 6.42 Å². The third-order valence-corrected chi connectivity index (χ3v) is 2.72. The number of aliphatic hydroxyl groups excluding tert-OH is 4. The van der Waals surface area contributed by atoms with Gasteiger partial charge in [-0.25, -0.2) is 4.79 Å². The summed E-state index contributed by atoms with van der Waals surface area (Å²) in [6.45, 7) is 1.39. The average molecular weight is 294 g/mol. The van der Waals surface area contributed by atoms with Gasteiger partial charge in [0.15, 0.2) is 6.10 Å². The van der Waals surface area contributed by atoms with Crippen molar-refractivity contribution in [2.45, 2.75) is 57.0 Å². The lowest BCUT2D eigenvalue weighted by Gasteiger charge is -2.24. The lowest BCUT2D eigenvalue weighted by molar-refractivity contribution is -0.168. The Bertz CT molecular complexity index is 306. The van der Waals surface area contributed by atoms with Crippen molar-refractivity contribution in [1.82, 2.24) is 0 Å². The molecule has 0 spiro atoms. The molecule has 0 heterocycles. The molecule has 0 aliphatic heterocycles. The highest BCUT2D eigenvalue weighted by Crippen LogP contribution is 2.07. The van der Waals surface area contributed by atoms with Crippen molar-refractivity contribution in [2.24, 2.45) is 0 Å². The molecular formula is C12H22O8. The Morgan fingerprint density at radius 1 is 1.05 bits per heavy atom. The van der Waals surface area contributed by atoms with Crippen molar-refractivity contribution in [3.63, 3.8) is 0 Å². The summed E-state index contributed by atoms with van der Waals surface area (Å²) in [6, 6.07) is 0. The van der Waals surface area contributed by atoms with Crippen molar-refractivity contribution in [3.8, 4) is 0 Å². The number of carboxylic acids is 1. The zero-order valence-electron chi connectivity index (χ0n) is 11.3. The Morgan fingerprint density at radius 2 is 1.65 bits per heavy atom. The highest BCUT2D eigenvalue weighted by Gasteiger charge is 2.34. The third-order valence-electron chi connectivity index (χ3n) is 2.72. The number of aliphatic carboxylic acids is 1. The van der Waals surface area contributed by atoms with Crippen molar-refractivity contribution >= 4 is 11.9 Å². The fraction of sp³-hybridized carbons (Fsp3) is 0.833. The maximum Gasteiger partial charge on any atom is 0.335 e. The first kappa shape index (κ1) is 18.8. The highest BCUT2D eigenvalue weighted by atomic mass is 16.5. The van der Waals surface area contributed by atoms with Crippen molar-refractivity contribution in [3.05, 3.63) is 0 Å². The van der Waals surface area contributed by atoms with Crippen LogP contribution >= 0.6 is 0 Å². The van der Waals surface area contributed by atoms with E-state index >= 15 is 0 Å². The molecule has 0 saturated carbocycles. The lowest BCUT2D eigenvalue weighted by atomic mass is 10.0. The van der Waals surface area contributed by atoms with Gasteiger partial charge in [0.05, 0.1) is 0 Å². The molecule has 8 nitrogen and oxygen atoms in total. The summed E-state index contributed by atoms with van der Waals surface area (Å²) in [6.07, 6.45) is -5.32. The van der Waals surface area contributed by atoms with E-state index in [0.29, 0.717) is 6.42 Å². The van der Waals surface area contributed by atoms with Gasteiger partial charge in [0.1, 0.15) is 24.9 Å². The molecule has 0 aromatic carbocycles. The van der Waals surface area contributed by atoms with Crippen LogP contribution in [0.2, 0.25) is 0 Å². The Labute approximate surface area is 116 Å². The number of rotatable bonds is 10. The van der Waals surface area contributed by atoms with Crippen LogP contribution in [0, 0.1) is 0 Å². The molecule has 118 valence electrons. The summed E-state index contributed by atoms with van der Waals surface area (Å²) >= 11 is 0. The number of ether oxygens (including phenoxy) is 1. The standard InChI is InChI=1S/C12H22O8/c1-2-3-4-5-8(14)20-6-7(13)9(15)10(16)11(17)12(18)19/h7,9-11,13,15-17H,2-6H2,1H3,(H,18,19)/t7-,9-,10+,11-/m1/s1. The Morgan fingerprint density at radius 3 is 2.15 bits per heavy atom. The van der Waals surface area contributed by atoms with Gasteiger partial charge in [0.2, 0.25) is 0 Å². The number of unbranched alkanes of at least 4 members (excludes halogenated alkanes) is 2. The predicted octanol–water partition coefficient (Wildman–Crippen LogP) is -1.36. The number of carbonyl (C=O) groups excluding carboxylic acids is 1. The molecule has 4 atom stereocenters. The van der Waals surface area contributed by atoms with Crippen LogP contribution in [0.1, 0.15) is 32.6 Å². The van der Waals surface area contributed by atoms with E-state index in [0.717, 1.165) is 12.8 Å². The second kappa shape index (κ2) is 9.65. The molecule has 0 fully saturated rings. The molecule has 8 heteroatoms. The SMILES string of the molecule is CCCCCC(=O)OC[C@@H](O)[C@@H](O)[C@H](O)[C@@H](O)C(=O)O. The zero-order valence-corrected chi connectivity index (χ0v) is 11.3. The molecule has 0 amide bonds. The topological polar surface area (TPSA) is 145 Å². The van der Waals surface area contributed by atoms with Gasteiger partial charge in [-0.2, -0.15) is 0 Å². The van der Waals surface area contributed by atoms with E-state index in [2.05, 4.69) is 4.74 Å². The third kappa shape index (κ3) is 6.80. The van der Waals surface area contributed by atoms with Crippen LogP contribution in [0.5, 0.6) is 0 Å². The zero-order chi connectivity index (χ0) is 15.7. The van der Waals surface area contributed by atoms with E-state index in [4.69, 9.17) is 10.2 Å². The first-order valence-electron chi connectivity index (χ1n) is 6.42. The number of carboxylic acid groups (broad SMARTS) is 1. The molecule has 0 aliphatic rings. The monoisotopic (exact) mass is 294 g/mol. The van der Waals surface area contributed by atoms with E-state index in [1.54, 1.807) is 0 Å². The van der Waals surface area contributed by atoms with E-state index in [1.807, 2.05) is 6.92 Å². The van der Waals surface area contributed by atoms with Crippen LogP contribution < -0.4 is 0 Å². The van der Waals surface area contributed by atoms with Crippen LogP contribution in [-0.2, 0) is 14.3 Å². The Hall–Kier alpha value is -1.22. The molecule has 0 aliphatic carbocycles. The van der Waals surface area contributed by atoms with Gasteiger partial charge in [0, 0.05) is 6.42 Å². The summed E-state index contributed by atoms with van der Waals surface area (Å²) in [4.78, 5) is 21.6. The van der Waals surface area contributed by atoms with Gasteiger partial charge in [-0.3, -0.25) is 4.79 Å². The number of hydrogen-bond acceptors (Lipinski definition) is 7. The maximum atomic E-state index is 11.2. The molecule has 20 heavy (non-hydrogen) atoms. The smallest absolute Gasteiger partial charge is 0.335 e. The Kier molecular flexibility index (Phi) is 9.06. The second-order valence-electron chi connectivity index (χ2n) is 4.47. The van der Waals surface area contributed by atoms with E-state index in [1.165, 1.54) is 0 Å². The first-order valence-corrected chi connectivity index (χ1v) is 6.42. The molecule has 0 radical (unpaired) electrons. The van der Waals surface area contributed by atoms with Crippen LogP contribution in [0.25, 0.3) is 0 Å². The predicted molar refractivity (Wildman–Crippen MR) is 66.8 cm³/mol. The molecule has 0 bridgehead atoms. The summed E-state index contributed by atoms with van der Waals surface area (Å²) in [5.74, 6) is -2.29. The van der Waals surface area contributed by atoms with Gasteiger partial charge in [-0.15, -0.1) is 0 Å². The molecular weight excluding hydrogens is 272 g/mol. The molecule has 0 aromatic rings. The molecule has 0 unspecified atom stereocenters. The van der Waals surface area contributed by atoms with Gasteiger partial charge in [-0.1, -0.05) is 19.8 Å². The number of aliphatic hydroxyl groups is 4. The summed E-state index contributed by atoms with van der Waals surface area (Å²) in [7, 11) is 0. The molecule has 0 aromatic heterocycles. The summed E-state index contributed by atoms with van der Waals surface area (Å²) < 4.78 is 4.67. The number of hydrogen-bond donors (Lipinski definition) is 5. The highest BCUT2D eigenvalue weighted by molar-refractivity contribution is 5.72. The number of esters is 1. The minimum Gasteiger partial charge on any atom is -0.479 e. The molecule has 5 N–H and O–H groups in total. The van der Waals surface area contributed by atoms with E-state index in [9.17, 15) is 24.9 Å². The van der Waals surface area contributed by atoms with Gasteiger partial charge < -0.3 is 30.3 Å². The van der Waals surface area contributed by atoms with Crippen LogP contribution in [0.15, 0.2) is 0 Å². The minimum absolute atomic E-state index is 0.178. The molecule has 0 saturated heterocycles. The number of carbonyl (C=O) groups is 2. The fourth-order valence-electron chi connectivity index (χ4n) is 1.43. The normalized spacial score (nSPS) is 17.1. The largest absolute Gasteiger partial charge is 0.479 e. The average Bonchev–Trinajstić information content (AvgIpc) is 2.42. The quantitative estimate of drug-likeness (QED) is 0.245. The summed E-state index contributed by atoms with van der Waals surface area (Å²) in [5.41, 5.74) is 0. The van der Waals surface area contributed by atoms with Gasteiger partial charge in [0.25, 0.3) is 0 Å². The second-order valence-corrected chi connectivity index (χ2v) is 4.47. The Balaban J connectivity index is 4.10. The first-order chi connectivity index (χ1) is 9.31. The van der Waals surface area contributed by atoms with Gasteiger partial charge in [-0.05, 0) is 6.42 Å². The van der Waals surface area contributed by atoms with Crippen LogP contribution in [0.4, 0.5) is 0 Å². The molecule has 0 rings (SSSR count). The van der Waals surface area contributed by atoms with Crippen LogP contribution in [-0.4, -0.2) is 68.5 Å². The van der Waals surface area contributed by atoms with Gasteiger partial charge >= 0.3 is 11.9 Å². The maximum absolute atomic E-state index is 11.2. The van der Waals surface area contributed by atoms with Crippen molar-refractivity contribution in [2.75, 3.05) is 6.61 Å². The van der Waals surface area contributed by atoms with Crippen LogP contribution in [0.3, 0.4) is 0 Å². The van der Waals surface area contributed by atoms with Crippen molar-refractivity contribution in [1.29, 1.82) is 0 Å². The lowest BCUT2D eigenvalue weighted by Crippen LogP contribution is -2.49. The fourth-order valence-corrected chi connectivity index (χ4v) is 1.43. The minimum atomic E-state index is -2.24. The summed E-state index contributed by atoms with van der Waals surface area (Å²) in [5, 5.41) is 45.6.